The number of piperidine rings is 1. The zero-order chi connectivity index (χ0) is 27.4. The Labute approximate surface area is 234 Å². The van der Waals surface area contributed by atoms with Crippen molar-refractivity contribution in [2.24, 2.45) is 11.8 Å². The van der Waals surface area contributed by atoms with Gasteiger partial charge in [0.1, 0.15) is 18.1 Å². The van der Waals surface area contributed by atoms with Crippen molar-refractivity contribution in [3.05, 3.63) is 24.0 Å². The van der Waals surface area contributed by atoms with E-state index in [4.69, 9.17) is 0 Å². The van der Waals surface area contributed by atoms with Crippen LogP contribution in [0.3, 0.4) is 0 Å². The van der Waals surface area contributed by atoms with E-state index in [9.17, 15) is 28.4 Å². The van der Waals surface area contributed by atoms with Gasteiger partial charge in [0.25, 0.3) is 5.92 Å². The Bertz CT molecular complexity index is 1090. The number of rotatable bonds is 10. The predicted octanol–water partition coefficient (Wildman–Crippen LogP) is 2.94. The maximum Gasteiger partial charge on any atom is 0.252 e. The molecule has 0 unspecified atom stereocenters. The second kappa shape index (κ2) is 12.1. The molecular weight excluding hydrogens is 609 g/mol. The van der Waals surface area contributed by atoms with Crippen LogP contribution in [0.1, 0.15) is 50.5 Å². The number of aryl methyl sites for hydroxylation is 1. The van der Waals surface area contributed by atoms with Crippen LogP contribution in [-0.2, 0) is 14.4 Å². The first kappa shape index (κ1) is 28.4. The number of nitriles is 1. The molecule has 0 radical (unpaired) electrons. The standard InChI is InChI=1S/C26H33F2IN6O3/c1-15-6-19(14-31-13-15)33-21(7-16-2-3-16)25(38)35-20(11-29)9-26(27,28)10-22(35)24(37)34-18(12-30)8-17-4-5-32-23(17)36/h6,13-14,16-18,20-22,33H,2-5,7-11H2,1H3,(H,32,36)(H,34,37)/t17-,18-,20+,21+,22-/m0/s1. The van der Waals surface area contributed by atoms with Crippen LogP contribution in [0.4, 0.5) is 14.5 Å². The van der Waals surface area contributed by atoms with Crippen LogP contribution in [0, 0.1) is 30.1 Å². The Morgan fingerprint density at radius 2 is 2.05 bits per heavy atom. The zero-order valence-electron chi connectivity index (χ0n) is 21.3. The van der Waals surface area contributed by atoms with Gasteiger partial charge in [0.05, 0.1) is 11.8 Å². The van der Waals surface area contributed by atoms with Gasteiger partial charge in [-0.1, -0.05) is 35.4 Å². The van der Waals surface area contributed by atoms with Gasteiger partial charge in [-0.2, -0.15) is 5.26 Å². The zero-order valence-corrected chi connectivity index (χ0v) is 23.4. The molecule has 1 aromatic rings. The van der Waals surface area contributed by atoms with Crippen molar-refractivity contribution in [1.29, 1.82) is 5.26 Å². The summed E-state index contributed by atoms with van der Waals surface area (Å²) in [5, 5.41) is 18.1. The third-order valence-corrected chi connectivity index (χ3v) is 8.44. The number of likely N-dealkylation sites (tertiary alicyclic amines) is 1. The van der Waals surface area contributed by atoms with Crippen molar-refractivity contribution in [3.63, 3.8) is 0 Å². The van der Waals surface area contributed by atoms with Gasteiger partial charge in [-0.3, -0.25) is 19.4 Å². The molecule has 2 aliphatic heterocycles. The fourth-order valence-electron chi connectivity index (χ4n) is 5.33. The molecule has 3 amide bonds. The summed E-state index contributed by atoms with van der Waals surface area (Å²) in [5.41, 5.74) is 1.56. The number of amides is 3. The first-order valence-electron chi connectivity index (χ1n) is 13.0. The third-order valence-electron chi connectivity index (χ3n) is 7.43. The summed E-state index contributed by atoms with van der Waals surface area (Å²) < 4.78 is 29.9. The molecule has 4 rings (SSSR count). The van der Waals surface area contributed by atoms with Crippen LogP contribution in [0.15, 0.2) is 18.5 Å². The highest BCUT2D eigenvalue weighted by Crippen LogP contribution is 2.39. The lowest BCUT2D eigenvalue weighted by Crippen LogP contribution is -2.64. The van der Waals surface area contributed by atoms with E-state index in [1.54, 1.807) is 12.4 Å². The Balaban J connectivity index is 1.57. The molecule has 1 aliphatic carbocycles. The maximum absolute atomic E-state index is 14.8. The van der Waals surface area contributed by atoms with Crippen molar-refractivity contribution in [1.82, 2.24) is 20.5 Å². The lowest BCUT2D eigenvalue weighted by Gasteiger charge is -2.45. The number of aromatic nitrogens is 1. The number of nitrogens with zero attached hydrogens (tertiary/aromatic N) is 3. The lowest BCUT2D eigenvalue weighted by molar-refractivity contribution is -0.159. The Hall–Kier alpha value is -2.56. The number of hydrogen-bond acceptors (Lipinski definition) is 6. The fraction of sp³-hybridized carbons (Fsp3) is 0.654. The van der Waals surface area contributed by atoms with Gasteiger partial charge >= 0.3 is 0 Å². The molecule has 206 valence electrons. The van der Waals surface area contributed by atoms with Crippen LogP contribution in [0.5, 0.6) is 0 Å². The van der Waals surface area contributed by atoms with Gasteiger partial charge < -0.3 is 20.9 Å². The number of nitrogens with one attached hydrogen (secondary N) is 3. The molecule has 9 nitrogen and oxygen atoms in total. The van der Waals surface area contributed by atoms with Gasteiger partial charge in [0.2, 0.25) is 17.7 Å². The van der Waals surface area contributed by atoms with Crippen molar-refractivity contribution < 1.29 is 23.2 Å². The molecule has 3 fully saturated rings. The fourth-order valence-corrected chi connectivity index (χ4v) is 6.07. The molecular formula is C26H33F2IN6O3. The normalized spacial score (nSPS) is 26.1. The van der Waals surface area contributed by atoms with Crippen molar-refractivity contribution in [2.45, 2.75) is 82.0 Å². The van der Waals surface area contributed by atoms with Gasteiger partial charge in [0, 0.05) is 48.2 Å². The Morgan fingerprint density at radius 3 is 2.66 bits per heavy atom. The molecule has 3 heterocycles. The minimum absolute atomic E-state index is 0.0903. The van der Waals surface area contributed by atoms with Crippen LogP contribution in [0.2, 0.25) is 0 Å². The smallest absolute Gasteiger partial charge is 0.252 e. The first-order valence-corrected chi connectivity index (χ1v) is 14.5. The molecule has 2 saturated heterocycles. The van der Waals surface area contributed by atoms with Crippen LogP contribution in [0.25, 0.3) is 0 Å². The van der Waals surface area contributed by atoms with E-state index < -0.39 is 60.7 Å². The molecule has 0 aromatic carbocycles. The average molecular weight is 642 g/mol. The molecule has 5 atom stereocenters. The minimum atomic E-state index is -3.14. The second-order valence-electron chi connectivity index (χ2n) is 10.7. The Kier molecular flexibility index (Phi) is 9.05. The number of alkyl halides is 3. The highest BCUT2D eigenvalue weighted by atomic mass is 127. The minimum Gasteiger partial charge on any atom is -0.372 e. The summed E-state index contributed by atoms with van der Waals surface area (Å²) in [7, 11) is 0. The topological polar surface area (TPSA) is 127 Å². The number of halogens is 3. The Morgan fingerprint density at radius 1 is 1.29 bits per heavy atom. The van der Waals surface area contributed by atoms with Crippen LogP contribution < -0.4 is 16.0 Å². The molecule has 3 aliphatic rings. The molecule has 0 spiro atoms. The number of carbonyl (C=O) groups excluding carboxylic acids is 3. The van der Waals surface area contributed by atoms with E-state index in [2.05, 4.69) is 20.9 Å². The van der Waals surface area contributed by atoms with E-state index in [1.165, 1.54) is 4.90 Å². The van der Waals surface area contributed by atoms with E-state index in [-0.39, 0.29) is 16.8 Å². The van der Waals surface area contributed by atoms with E-state index in [0.717, 1.165) is 18.4 Å². The average Bonchev–Trinajstić information content (AvgIpc) is 3.60. The monoisotopic (exact) mass is 642 g/mol. The van der Waals surface area contributed by atoms with E-state index in [0.29, 0.717) is 31.0 Å². The van der Waals surface area contributed by atoms with Crippen LogP contribution in [-0.4, -0.2) is 68.7 Å². The highest BCUT2D eigenvalue weighted by molar-refractivity contribution is 14.1. The maximum atomic E-state index is 14.8. The van der Waals surface area contributed by atoms with Gasteiger partial charge in [-0.15, -0.1) is 0 Å². The first-order chi connectivity index (χ1) is 18.1. The summed E-state index contributed by atoms with van der Waals surface area (Å²) in [4.78, 5) is 44.9. The summed E-state index contributed by atoms with van der Waals surface area (Å²) in [6.07, 6.45) is 5.11. The van der Waals surface area contributed by atoms with Crippen molar-refractivity contribution >= 4 is 46.0 Å². The number of carbonyl (C=O) groups is 3. The number of pyridine rings is 1. The molecule has 1 saturated carbocycles. The van der Waals surface area contributed by atoms with Crippen LogP contribution >= 0.6 is 22.6 Å². The lowest BCUT2D eigenvalue weighted by atomic mass is 9.90. The molecule has 38 heavy (non-hydrogen) atoms. The largest absolute Gasteiger partial charge is 0.372 e. The molecule has 12 heteroatoms. The summed E-state index contributed by atoms with van der Waals surface area (Å²) in [6.45, 7) is 2.38. The predicted molar refractivity (Wildman–Crippen MR) is 144 cm³/mol. The van der Waals surface area contributed by atoms with Gasteiger partial charge in [-0.25, -0.2) is 8.78 Å². The van der Waals surface area contributed by atoms with Gasteiger partial charge in [0.15, 0.2) is 0 Å². The quantitative estimate of drug-likeness (QED) is 0.266. The van der Waals surface area contributed by atoms with Crippen molar-refractivity contribution in [2.75, 3.05) is 16.3 Å². The molecule has 3 N–H and O–H groups in total. The summed E-state index contributed by atoms with van der Waals surface area (Å²) in [6, 6.07) is -0.162. The van der Waals surface area contributed by atoms with Crippen molar-refractivity contribution in [3.8, 4) is 6.07 Å². The third kappa shape index (κ3) is 7.09. The van der Waals surface area contributed by atoms with E-state index in [1.807, 2.05) is 41.7 Å². The molecule has 1 aromatic heterocycles. The highest BCUT2D eigenvalue weighted by Gasteiger charge is 2.51. The molecule has 0 bridgehead atoms. The second-order valence-corrected chi connectivity index (χ2v) is 11.5. The van der Waals surface area contributed by atoms with Gasteiger partial charge in [-0.05, 0) is 43.7 Å². The number of hydrogen-bond donors (Lipinski definition) is 3. The SMILES string of the molecule is Cc1cncc(N[C@H](CC2CC2)C(=O)N2[C@@H](CI)CC(F)(F)C[C@H]2C(=O)N[C@H](C#N)C[C@@H]2CCNC2=O)c1. The summed E-state index contributed by atoms with van der Waals surface area (Å²) >= 11 is 1.98. The number of anilines is 1. The van der Waals surface area contributed by atoms with E-state index >= 15 is 0 Å². The summed E-state index contributed by atoms with van der Waals surface area (Å²) in [5.74, 6) is -4.60.